The fraction of sp³-hybridized carbons (Fsp3) is 0.310. The highest BCUT2D eigenvalue weighted by molar-refractivity contribution is 7.92. The van der Waals surface area contributed by atoms with Gasteiger partial charge in [-0.2, -0.15) is 0 Å². The van der Waals surface area contributed by atoms with Gasteiger partial charge in [0.1, 0.15) is 12.6 Å². The third kappa shape index (κ3) is 7.58. The number of nitrogens with zero attached hydrogens (tertiary/aromatic N) is 2. The summed E-state index contributed by atoms with van der Waals surface area (Å²) in [6.07, 6.45) is 1.28. The smallest absolute Gasteiger partial charge is 0.264 e. The van der Waals surface area contributed by atoms with E-state index in [1.54, 1.807) is 25.1 Å². The Kier molecular flexibility index (Phi) is 10.3. The third-order valence-electron chi connectivity index (χ3n) is 6.17. The molecule has 0 saturated carbocycles. The van der Waals surface area contributed by atoms with Gasteiger partial charge >= 0.3 is 0 Å². The van der Waals surface area contributed by atoms with Crippen LogP contribution in [0.5, 0.6) is 0 Å². The summed E-state index contributed by atoms with van der Waals surface area (Å²) in [5.41, 5.74) is 2.22. The Hall–Kier alpha value is -3.36. The van der Waals surface area contributed by atoms with Crippen molar-refractivity contribution in [1.29, 1.82) is 0 Å². The molecule has 3 aromatic rings. The van der Waals surface area contributed by atoms with Crippen LogP contribution in [0.4, 0.5) is 5.69 Å². The highest BCUT2D eigenvalue weighted by Gasteiger charge is 2.32. The summed E-state index contributed by atoms with van der Waals surface area (Å²) in [5.74, 6) is -0.755. The molecule has 0 saturated heterocycles. The molecule has 0 fully saturated rings. The Morgan fingerprint density at radius 1 is 0.974 bits per heavy atom. The van der Waals surface area contributed by atoms with E-state index in [4.69, 9.17) is 11.6 Å². The van der Waals surface area contributed by atoms with Crippen LogP contribution in [0, 0.1) is 6.92 Å². The predicted molar refractivity (Wildman–Crippen MR) is 152 cm³/mol. The van der Waals surface area contributed by atoms with E-state index in [0.717, 1.165) is 21.9 Å². The van der Waals surface area contributed by atoms with Crippen LogP contribution in [-0.4, -0.2) is 50.8 Å². The molecule has 3 aromatic carbocycles. The maximum Gasteiger partial charge on any atom is 0.264 e. The van der Waals surface area contributed by atoms with Gasteiger partial charge in [-0.1, -0.05) is 61.0 Å². The Labute approximate surface area is 230 Å². The van der Waals surface area contributed by atoms with Gasteiger partial charge in [0.2, 0.25) is 11.8 Å². The summed E-state index contributed by atoms with van der Waals surface area (Å²) in [7, 11) is -4.12. The Bertz CT molecular complexity index is 1330. The van der Waals surface area contributed by atoms with Gasteiger partial charge in [-0.05, 0) is 74.2 Å². The van der Waals surface area contributed by atoms with Crippen LogP contribution in [0.15, 0.2) is 83.8 Å². The predicted octanol–water partition coefficient (Wildman–Crippen LogP) is 4.83. The maximum absolute atomic E-state index is 13.8. The molecule has 38 heavy (non-hydrogen) atoms. The van der Waals surface area contributed by atoms with E-state index >= 15 is 0 Å². The van der Waals surface area contributed by atoms with Crippen molar-refractivity contribution in [3.63, 3.8) is 0 Å². The molecule has 0 bridgehead atoms. The summed E-state index contributed by atoms with van der Waals surface area (Å²) in [6, 6.07) is 21.7. The number of halogens is 1. The molecule has 0 aliphatic heterocycles. The summed E-state index contributed by atoms with van der Waals surface area (Å²) < 4.78 is 28.6. The lowest BCUT2D eigenvalue weighted by Gasteiger charge is -2.32. The summed E-state index contributed by atoms with van der Waals surface area (Å²) in [6.45, 7) is 5.75. The van der Waals surface area contributed by atoms with E-state index < -0.39 is 28.5 Å². The number of hydrogen-bond donors (Lipinski definition) is 1. The van der Waals surface area contributed by atoms with Gasteiger partial charge in [-0.25, -0.2) is 8.42 Å². The molecule has 2 amide bonds. The second-order valence-electron chi connectivity index (χ2n) is 9.09. The SMILES string of the molecule is CCCNC(=O)[C@H](C)N(CCc1ccccc1)C(=O)CN(c1cccc(C)c1)S(=O)(=O)c1ccc(Cl)cc1. The quantitative estimate of drug-likeness (QED) is 0.347. The molecule has 202 valence electrons. The molecule has 1 atom stereocenters. The van der Waals surface area contributed by atoms with Gasteiger partial charge < -0.3 is 10.2 Å². The first-order valence-electron chi connectivity index (χ1n) is 12.6. The zero-order valence-electron chi connectivity index (χ0n) is 21.9. The van der Waals surface area contributed by atoms with Crippen molar-refractivity contribution >= 4 is 39.1 Å². The average Bonchev–Trinajstić information content (AvgIpc) is 2.91. The van der Waals surface area contributed by atoms with Crippen LogP contribution in [0.1, 0.15) is 31.4 Å². The van der Waals surface area contributed by atoms with Crippen molar-refractivity contribution in [2.24, 2.45) is 0 Å². The van der Waals surface area contributed by atoms with Crippen LogP contribution >= 0.6 is 11.6 Å². The largest absolute Gasteiger partial charge is 0.354 e. The fourth-order valence-electron chi connectivity index (χ4n) is 4.01. The summed E-state index contributed by atoms with van der Waals surface area (Å²) in [5, 5.41) is 3.25. The van der Waals surface area contributed by atoms with Crippen molar-refractivity contribution in [3.8, 4) is 0 Å². The number of hydrogen-bond acceptors (Lipinski definition) is 4. The number of anilines is 1. The van der Waals surface area contributed by atoms with Crippen LogP contribution in [0.3, 0.4) is 0 Å². The molecule has 0 aromatic heterocycles. The van der Waals surface area contributed by atoms with E-state index in [9.17, 15) is 18.0 Å². The monoisotopic (exact) mass is 555 g/mol. The normalized spacial score (nSPS) is 12.0. The topological polar surface area (TPSA) is 86.8 Å². The van der Waals surface area contributed by atoms with Gasteiger partial charge in [0.25, 0.3) is 10.0 Å². The number of benzene rings is 3. The van der Waals surface area contributed by atoms with Crippen LogP contribution in [-0.2, 0) is 26.0 Å². The number of amides is 2. The lowest BCUT2D eigenvalue weighted by molar-refractivity contribution is -0.138. The van der Waals surface area contributed by atoms with Crippen molar-refractivity contribution in [3.05, 3.63) is 95.0 Å². The molecule has 9 heteroatoms. The zero-order chi connectivity index (χ0) is 27.7. The molecule has 7 nitrogen and oxygen atoms in total. The van der Waals surface area contributed by atoms with Crippen molar-refractivity contribution < 1.29 is 18.0 Å². The molecular formula is C29H34ClN3O4S. The summed E-state index contributed by atoms with van der Waals surface area (Å²) in [4.78, 5) is 28.1. The van der Waals surface area contributed by atoms with Gasteiger partial charge in [-0.15, -0.1) is 0 Å². The molecule has 0 radical (unpaired) electrons. The van der Waals surface area contributed by atoms with E-state index in [-0.39, 0.29) is 17.3 Å². The second kappa shape index (κ2) is 13.4. The van der Waals surface area contributed by atoms with Crippen LogP contribution < -0.4 is 9.62 Å². The van der Waals surface area contributed by atoms with Gasteiger partial charge in [0, 0.05) is 18.1 Å². The van der Waals surface area contributed by atoms with Crippen molar-refractivity contribution in [2.75, 3.05) is 23.9 Å². The van der Waals surface area contributed by atoms with Gasteiger partial charge in [0.05, 0.1) is 10.6 Å². The Morgan fingerprint density at radius 2 is 1.66 bits per heavy atom. The molecule has 1 N–H and O–H groups in total. The molecule has 0 aliphatic rings. The first kappa shape index (κ1) is 29.2. The molecule has 0 heterocycles. The second-order valence-corrected chi connectivity index (χ2v) is 11.4. The first-order chi connectivity index (χ1) is 18.1. The Morgan fingerprint density at radius 3 is 2.29 bits per heavy atom. The number of carbonyl (C=O) groups excluding carboxylic acids is 2. The van der Waals surface area contributed by atoms with Crippen LogP contribution in [0.2, 0.25) is 5.02 Å². The molecule has 3 rings (SSSR count). The number of nitrogens with one attached hydrogen (secondary N) is 1. The lowest BCUT2D eigenvalue weighted by atomic mass is 10.1. The molecule has 0 spiro atoms. The zero-order valence-corrected chi connectivity index (χ0v) is 23.5. The summed E-state index contributed by atoms with van der Waals surface area (Å²) >= 11 is 5.98. The van der Waals surface area contributed by atoms with Crippen molar-refractivity contribution in [1.82, 2.24) is 10.2 Å². The minimum atomic E-state index is -4.12. The molecule has 0 unspecified atom stereocenters. The minimum absolute atomic E-state index is 0.0146. The highest BCUT2D eigenvalue weighted by Crippen LogP contribution is 2.26. The number of rotatable bonds is 12. The average molecular weight is 556 g/mol. The molecule has 0 aliphatic carbocycles. The molecular weight excluding hydrogens is 522 g/mol. The fourth-order valence-corrected chi connectivity index (χ4v) is 5.54. The standard InChI is InChI=1S/C29H34ClN3O4S/c1-4-18-31-29(35)23(3)32(19-17-24-10-6-5-7-11-24)28(34)21-33(26-12-8-9-22(2)20-26)38(36,37)27-15-13-25(30)14-16-27/h5-16,20,23H,4,17-19,21H2,1-3H3,(H,31,35)/t23-/m0/s1. The van der Waals surface area contributed by atoms with Gasteiger partial charge in [0.15, 0.2) is 0 Å². The first-order valence-corrected chi connectivity index (χ1v) is 14.4. The van der Waals surface area contributed by atoms with Gasteiger partial charge in [-0.3, -0.25) is 13.9 Å². The third-order valence-corrected chi connectivity index (χ3v) is 8.21. The number of carbonyl (C=O) groups is 2. The minimum Gasteiger partial charge on any atom is -0.354 e. The lowest BCUT2D eigenvalue weighted by Crippen LogP contribution is -2.52. The number of aryl methyl sites for hydroxylation is 1. The van der Waals surface area contributed by atoms with E-state index in [2.05, 4.69) is 5.32 Å². The van der Waals surface area contributed by atoms with E-state index in [1.165, 1.54) is 29.2 Å². The van der Waals surface area contributed by atoms with E-state index in [0.29, 0.717) is 23.7 Å². The maximum atomic E-state index is 13.8. The highest BCUT2D eigenvalue weighted by atomic mass is 35.5. The van der Waals surface area contributed by atoms with Crippen molar-refractivity contribution in [2.45, 2.75) is 44.6 Å². The number of sulfonamides is 1. The Balaban J connectivity index is 1.96. The van der Waals surface area contributed by atoms with E-state index in [1.807, 2.05) is 50.2 Å². The van der Waals surface area contributed by atoms with Crippen LogP contribution in [0.25, 0.3) is 0 Å².